The molecule has 1 unspecified atom stereocenters. The van der Waals surface area contributed by atoms with E-state index in [2.05, 4.69) is 19.1 Å². The Balaban J connectivity index is 1.99. The normalized spacial score (nSPS) is 10.7. The number of aromatic nitrogens is 2. The van der Waals surface area contributed by atoms with Gasteiger partial charge in [-0.3, -0.25) is 19.7 Å². The Morgan fingerprint density at radius 1 is 1.39 bits per heavy atom. The van der Waals surface area contributed by atoms with Crippen LogP contribution in [0.1, 0.15) is 10.4 Å². The summed E-state index contributed by atoms with van der Waals surface area (Å²) in [5.41, 5.74) is -0.568. The van der Waals surface area contributed by atoms with E-state index >= 15 is 0 Å². The third-order valence-electron chi connectivity index (χ3n) is 3.08. The van der Waals surface area contributed by atoms with E-state index in [1.807, 2.05) is 0 Å². The fourth-order valence-electron chi connectivity index (χ4n) is 1.98. The van der Waals surface area contributed by atoms with Crippen molar-refractivity contribution in [3.63, 3.8) is 0 Å². The molecule has 0 aliphatic carbocycles. The third-order valence-corrected chi connectivity index (χ3v) is 4.23. The van der Waals surface area contributed by atoms with E-state index in [0.717, 1.165) is 11.5 Å². The SMILES string of the molecule is O=C(Nc1nsc2ccc([N+](=O)[O-])cc12)c1cn(P)ccc1=O. The van der Waals surface area contributed by atoms with Gasteiger partial charge in [-0.05, 0) is 27.0 Å². The molecule has 0 spiro atoms. The second kappa shape index (κ2) is 5.86. The van der Waals surface area contributed by atoms with Crippen molar-refractivity contribution in [1.29, 1.82) is 0 Å². The first-order valence-corrected chi connectivity index (χ1v) is 7.57. The van der Waals surface area contributed by atoms with Gasteiger partial charge in [0.05, 0.1) is 9.62 Å². The number of rotatable bonds is 3. The number of anilines is 1. The van der Waals surface area contributed by atoms with Gasteiger partial charge in [0.1, 0.15) is 5.56 Å². The number of nitrogens with one attached hydrogen (secondary N) is 1. The van der Waals surface area contributed by atoms with Crippen molar-refractivity contribution >= 4 is 48.4 Å². The summed E-state index contributed by atoms with van der Waals surface area (Å²) in [7, 11) is 2.33. The van der Waals surface area contributed by atoms with Gasteiger partial charge in [-0.15, -0.1) is 0 Å². The molecule has 0 bridgehead atoms. The highest BCUT2D eigenvalue weighted by molar-refractivity contribution is 7.14. The van der Waals surface area contributed by atoms with Gasteiger partial charge in [-0.2, -0.15) is 4.37 Å². The topological polar surface area (TPSA) is 107 Å². The molecular formula is C13H9N4O4PS. The Morgan fingerprint density at radius 2 is 2.17 bits per heavy atom. The Labute approximate surface area is 135 Å². The summed E-state index contributed by atoms with van der Waals surface area (Å²) >= 11 is 1.10. The van der Waals surface area contributed by atoms with Crippen LogP contribution < -0.4 is 10.7 Å². The maximum absolute atomic E-state index is 12.2. The van der Waals surface area contributed by atoms with E-state index < -0.39 is 16.3 Å². The molecule has 0 radical (unpaired) electrons. The van der Waals surface area contributed by atoms with E-state index in [1.54, 1.807) is 6.07 Å². The molecule has 1 N–H and O–H groups in total. The molecule has 0 fully saturated rings. The van der Waals surface area contributed by atoms with Crippen LogP contribution in [0.4, 0.5) is 11.5 Å². The van der Waals surface area contributed by atoms with Crippen molar-refractivity contribution in [2.45, 2.75) is 0 Å². The first-order chi connectivity index (χ1) is 11.0. The van der Waals surface area contributed by atoms with E-state index in [-0.39, 0.29) is 17.1 Å². The maximum atomic E-state index is 12.2. The quantitative estimate of drug-likeness (QED) is 0.444. The molecule has 23 heavy (non-hydrogen) atoms. The second-order valence-electron chi connectivity index (χ2n) is 4.59. The van der Waals surface area contributed by atoms with Crippen LogP contribution in [0.5, 0.6) is 0 Å². The van der Waals surface area contributed by atoms with Gasteiger partial charge in [-0.1, -0.05) is 0 Å². The van der Waals surface area contributed by atoms with Crippen LogP contribution in [0.3, 0.4) is 0 Å². The average Bonchev–Trinajstić information content (AvgIpc) is 2.92. The second-order valence-corrected chi connectivity index (χ2v) is 5.99. The number of nitrogens with zero attached hydrogens (tertiary/aromatic N) is 3. The van der Waals surface area contributed by atoms with Gasteiger partial charge in [-0.25, -0.2) is 0 Å². The van der Waals surface area contributed by atoms with E-state index in [1.165, 1.54) is 34.9 Å². The number of hydrogen-bond donors (Lipinski definition) is 1. The molecule has 1 aromatic carbocycles. The Morgan fingerprint density at radius 3 is 2.91 bits per heavy atom. The highest BCUT2D eigenvalue weighted by Crippen LogP contribution is 2.30. The predicted molar refractivity (Wildman–Crippen MR) is 90.0 cm³/mol. The number of benzene rings is 1. The van der Waals surface area contributed by atoms with Crippen molar-refractivity contribution in [2.75, 3.05) is 5.32 Å². The van der Waals surface area contributed by atoms with Gasteiger partial charge in [0, 0.05) is 36.0 Å². The van der Waals surface area contributed by atoms with E-state index in [0.29, 0.717) is 10.1 Å². The van der Waals surface area contributed by atoms with Crippen molar-refractivity contribution in [1.82, 2.24) is 8.71 Å². The molecule has 0 aliphatic heterocycles. The summed E-state index contributed by atoms with van der Waals surface area (Å²) in [5.74, 6) is -0.428. The molecule has 2 aromatic heterocycles. The minimum absolute atomic E-state index is 0.0471. The van der Waals surface area contributed by atoms with Crippen LogP contribution >= 0.6 is 20.9 Å². The molecule has 8 nitrogen and oxygen atoms in total. The number of carbonyl (C=O) groups excluding carboxylic acids is 1. The molecule has 10 heteroatoms. The van der Waals surface area contributed by atoms with Crippen LogP contribution in [-0.4, -0.2) is 19.5 Å². The van der Waals surface area contributed by atoms with Crippen molar-refractivity contribution in [2.24, 2.45) is 0 Å². The lowest BCUT2D eigenvalue weighted by molar-refractivity contribution is -0.384. The highest BCUT2D eigenvalue weighted by atomic mass is 32.1. The molecule has 1 amide bonds. The number of amides is 1. The van der Waals surface area contributed by atoms with Gasteiger partial charge in [0.15, 0.2) is 11.2 Å². The number of hydrogen-bond acceptors (Lipinski definition) is 6. The molecule has 2 heterocycles. The first-order valence-electron chi connectivity index (χ1n) is 6.28. The summed E-state index contributed by atoms with van der Waals surface area (Å²) in [5, 5.41) is 13.8. The van der Waals surface area contributed by atoms with Gasteiger partial charge < -0.3 is 9.65 Å². The minimum Gasteiger partial charge on any atom is -0.338 e. The molecule has 0 saturated carbocycles. The standard InChI is InChI=1S/C13H9N4O4PS/c18-10-3-4-16(22)6-9(10)13(19)14-12-8-5-7(17(20)21)1-2-11(8)23-15-12/h1-6H,22H2,(H,14,15,19). The molecule has 3 aromatic rings. The number of nitro benzene ring substituents is 1. The van der Waals surface area contributed by atoms with E-state index in [9.17, 15) is 19.7 Å². The van der Waals surface area contributed by atoms with E-state index in [4.69, 9.17) is 0 Å². The lowest BCUT2D eigenvalue weighted by Crippen LogP contribution is -2.21. The zero-order valence-corrected chi connectivity index (χ0v) is 13.4. The fourth-order valence-corrected chi connectivity index (χ4v) is 2.93. The molecule has 1 atom stereocenters. The largest absolute Gasteiger partial charge is 0.338 e. The lowest BCUT2D eigenvalue weighted by Gasteiger charge is -2.04. The monoisotopic (exact) mass is 348 g/mol. The molecule has 116 valence electrons. The lowest BCUT2D eigenvalue weighted by atomic mass is 10.2. The molecule has 0 aliphatic rings. The van der Waals surface area contributed by atoms with Crippen molar-refractivity contribution < 1.29 is 9.72 Å². The number of fused-ring (bicyclic) bond motifs is 1. The summed E-state index contributed by atoms with van der Waals surface area (Å²) in [6.45, 7) is 0. The zero-order chi connectivity index (χ0) is 16.6. The predicted octanol–water partition coefficient (Wildman–Crippen LogP) is 2.26. The molecular weight excluding hydrogens is 339 g/mol. The van der Waals surface area contributed by atoms with Crippen LogP contribution in [-0.2, 0) is 0 Å². The van der Waals surface area contributed by atoms with Crippen LogP contribution in [0.25, 0.3) is 10.1 Å². The Hall–Kier alpha value is -2.64. The smallest absolute Gasteiger partial charge is 0.270 e. The minimum atomic E-state index is -0.620. The van der Waals surface area contributed by atoms with Crippen molar-refractivity contribution in [3.05, 3.63) is 62.6 Å². The highest BCUT2D eigenvalue weighted by Gasteiger charge is 2.16. The molecule has 3 rings (SSSR count). The Bertz CT molecular complexity index is 997. The Kier molecular flexibility index (Phi) is 3.89. The summed E-state index contributed by atoms with van der Waals surface area (Å²) in [6.07, 6.45) is 2.88. The summed E-state index contributed by atoms with van der Waals surface area (Å²) in [6, 6.07) is 5.55. The number of pyridine rings is 1. The maximum Gasteiger partial charge on any atom is 0.270 e. The van der Waals surface area contributed by atoms with Gasteiger partial charge in [0.25, 0.3) is 11.6 Å². The number of carbonyl (C=O) groups is 1. The number of non-ortho nitro benzene ring substituents is 1. The summed E-state index contributed by atoms with van der Waals surface area (Å²) < 4.78 is 6.28. The van der Waals surface area contributed by atoms with Crippen LogP contribution in [0.2, 0.25) is 0 Å². The molecule has 0 saturated heterocycles. The zero-order valence-electron chi connectivity index (χ0n) is 11.4. The average molecular weight is 348 g/mol. The fraction of sp³-hybridized carbons (Fsp3) is 0. The first kappa shape index (κ1) is 15.3. The third kappa shape index (κ3) is 2.96. The van der Waals surface area contributed by atoms with Crippen LogP contribution in [0.15, 0.2) is 41.5 Å². The van der Waals surface area contributed by atoms with Crippen LogP contribution in [0, 0.1) is 10.1 Å². The van der Waals surface area contributed by atoms with Crippen molar-refractivity contribution in [3.8, 4) is 0 Å². The summed E-state index contributed by atoms with van der Waals surface area (Å²) in [4.78, 5) is 34.3. The van der Waals surface area contributed by atoms with Gasteiger partial charge in [0.2, 0.25) is 0 Å². The van der Waals surface area contributed by atoms with Gasteiger partial charge >= 0.3 is 0 Å². The number of nitro groups is 1.